The van der Waals surface area contributed by atoms with Crippen molar-refractivity contribution in [3.63, 3.8) is 0 Å². The van der Waals surface area contributed by atoms with E-state index in [1.165, 1.54) is 4.90 Å². The summed E-state index contributed by atoms with van der Waals surface area (Å²) in [5.74, 6) is 4.19. The van der Waals surface area contributed by atoms with Gasteiger partial charge >= 0.3 is 6.03 Å². The number of amides is 4. The first-order valence-electron chi connectivity index (χ1n) is 15.1. The van der Waals surface area contributed by atoms with Crippen LogP contribution < -0.4 is 32.5 Å². The molecule has 0 aliphatic carbocycles. The Morgan fingerprint density at radius 1 is 0.935 bits per heavy atom. The maximum absolute atomic E-state index is 13.9. The van der Waals surface area contributed by atoms with Crippen molar-refractivity contribution in [1.29, 1.82) is 0 Å². The Balaban J connectivity index is 2.02. The molecule has 0 heterocycles. The monoisotopic (exact) mass is 637 g/mol. The molecule has 1 atom stereocenters. The van der Waals surface area contributed by atoms with E-state index in [4.69, 9.17) is 28.7 Å². The summed E-state index contributed by atoms with van der Waals surface area (Å²) < 4.78 is 7.12. The van der Waals surface area contributed by atoms with E-state index in [1.807, 2.05) is 36.4 Å². The van der Waals surface area contributed by atoms with Crippen molar-refractivity contribution in [1.82, 2.24) is 10.2 Å². The average Bonchev–Trinajstić information content (AvgIpc) is 3.03. The second-order valence-corrected chi connectivity index (χ2v) is 16.2. The standard InChI is InChI=1S/C36H43N5O4Si/c1-6-23-41(24-7-2)34(43)31-25-28(40-33(42)32(37)19-14-22-39-35(38)44)21-20-27(31)26-45-46(36(3,4)5,29-15-10-8-11-16-29)30-17-12-9-13-18-30/h1-2,8-13,15-18,20-21,25,32H,14,19,22-24,26,37H2,3-5H3,(H,40,42)(H3,38,39,44)/t32-/m0/s1. The van der Waals surface area contributed by atoms with Crippen molar-refractivity contribution >= 4 is 42.2 Å². The molecule has 9 nitrogen and oxygen atoms in total. The quantitative estimate of drug-likeness (QED) is 0.122. The first-order valence-corrected chi connectivity index (χ1v) is 17.0. The number of primary amides is 1. The molecular formula is C36H43N5O4Si. The summed E-state index contributed by atoms with van der Waals surface area (Å²) in [7, 11) is -2.94. The fourth-order valence-corrected chi connectivity index (χ4v) is 9.94. The van der Waals surface area contributed by atoms with Gasteiger partial charge in [-0.25, -0.2) is 4.79 Å². The van der Waals surface area contributed by atoms with Crippen molar-refractivity contribution in [2.24, 2.45) is 11.5 Å². The molecular weight excluding hydrogens is 595 g/mol. The van der Waals surface area contributed by atoms with Crippen molar-refractivity contribution < 1.29 is 18.8 Å². The van der Waals surface area contributed by atoms with Crippen LogP contribution in [0.2, 0.25) is 5.04 Å². The topological polar surface area (TPSA) is 140 Å². The normalized spacial score (nSPS) is 11.9. The number of rotatable bonds is 14. The zero-order chi connectivity index (χ0) is 33.7. The van der Waals surface area contributed by atoms with Gasteiger partial charge in [-0.15, -0.1) is 12.8 Å². The minimum atomic E-state index is -2.94. The number of terminal acetylenes is 2. The molecule has 0 fully saturated rings. The smallest absolute Gasteiger partial charge is 0.312 e. The third-order valence-corrected chi connectivity index (χ3v) is 12.6. The molecule has 6 N–H and O–H groups in total. The maximum atomic E-state index is 13.9. The highest BCUT2D eigenvalue weighted by Gasteiger charge is 2.50. The van der Waals surface area contributed by atoms with Crippen LogP contribution in [0.4, 0.5) is 10.5 Å². The predicted octanol–water partition coefficient (Wildman–Crippen LogP) is 3.19. The summed E-state index contributed by atoms with van der Waals surface area (Å²) in [6.45, 7) is 6.98. The van der Waals surface area contributed by atoms with Crippen LogP contribution in [0.15, 0.2) is 78.9 Å². The van der Waals surface area contributed by atoms with Gasteiger partial charge in [-0.2, -0.15) is 0 Å². The van der Waals surface area contributed by atoms with E-state index in [0.29, 0.717) is 36.2 Å². The Morgan fingerprint density at radius 3 is 2.00 bits per heavy atom. The number of anilines is 1. The van der Waals surface area contributed by atoms with Gasteiger partial charge in [0.1, 0.15) is 0 Å². The van der Waals surface area contributed by atoms with Gasteiger partial charge in [0, 0.05) is 17.8 Å². The Kier molecular flexibility index (Phi) is 12.7. The average molecular weight is 638 g/mol. The van der Waals surface area contributed by atoms with E-state index in [-0.39, 0.29) is 30.6 Å². The van der Waals surface area contributed by atoms with Crippen LogP contribution in [0.1, 0.15) is 49.5 Å². The highest BCUT2D eigenvalue weighted by Crippen LogP contribution is 2.37. The molecule has 240 valence electrons. The van der Waals surface area contributed by atoms with Gasteiger partial charge < -0.3 is 31.4 Å². The van der Waals surface area contributed by atoms with Gasteiger partial charge in [0.25, 0.3) is 14.2 Å². The number of nitrogens with zero attached hydrogens (tertiary/aromatic N) is 1. The fraction of sp³-hybridized carbons (Fsp3) is 0.306. The van der Waals surface area contributed by atoms with Crippen LogP contribution in [0.5, 0.6) is 0 Å². The van der Waals surface area contributed by atoms with Crippen LogP contribution in [-0.2, 0) is 15.8 Å². The van der Waals surface area contributed by atoms with Crippen molar-refractivity contribution in [3.05, 3.63) is 90.0 Å². The molecule has 3 aromatic carbocycles. The fourth-order valence-electron chi connectivity index (χ4n) is 5.42. The number of carbonyl (C=O) groups excluding carboxylic acids is 3. The Labute approximate surface area is 273 Å². The number of nitrogens with two attached hydrogens (primary N) is 2. The number of nitrogens with one attached hydrogen (secondary N) is 2. The first kappa shape index (κ1) is 35.6. The van der Waals surface area contributed by atoms with Crippen LogP contribution in [0.25, 0.3) is 0 Å². The van der Waals surface area contributed by atoms with Gasteiger partial charge in [0.05, 0.1) is 25.7 Å². The molecule has 4 amide bonds. The Hall–Kier alpha value is -4.87. The number of carbonyl (C=O) groups is 3. The van der Waals surface area contributed by atoms with Gasteiger partial charge in [-0.05, 0) is 45.9 Å². The maximum Gasteiger partial charge on any atom is 0.312 e. The van der Waals surface area contributed by atoms with Gasteiger partial charge in [0.2, 0.25) is 5.91 Å². The summed E-state index contributed by atoms with van der Waals surface area (Å²) in [6, 6.07) is 24.0. The third kappa shape index (κ3) is 8.86. The summed E-state index contributed by atoms with van der Waals surface area (Å²) in [6.07, 6.45) is 11.9. The lowest BCUT2D eigenvalue weighted by Gasteiger charge is -2.43. The number of benzene rings is 3. The van der Waals surface area contributed by atoms with E-state index in [9.17, 15) is 14.4 Å². The molecule has 0 aliphatic rings. The van der Waals surface area contributed by atoms with E-state index in [1.54, 1.807) is 18.2 Å². The molecule has 0 aliphatic heterocycles. The van der Waals surface area contributed by atoms with Crippen molar-refractivity contribution in [2.45, 2.75) is 51.3 Å². The Bertz CT molecular complexity index is 1520. The minimum Gasteiger partial charge on any atom is -0.403 e. The third-order valence-electron chi connectivity index (χ3n) is 7.65. The molecule has 3 rings (SSSR count). The molecule has 0 bridgehead atoms. The molecule has 0 saturated carbocycles. The first-order chi connectivity index (χ1) is 21.9. The van der Waals surface area contributed by atoms with E-state index in [2.05, 4.69) is 67.5 Å². The van der Waals surface area contributed by atoms with Crippen molar-refractivity contribution in [3.8, 4) is 24.7 Å². The summed E-state index contributed by atoms with van der Waals surface area (Å²) in [5, 5.41) is 7.20. The molecule has 0 unspecified atom stereocenters. The predicted molar refractivity (Wildman–Crippen MR) is 186 cm³/mol. The largest absolute Gasteiger partial charge is 0.403 e. The molecule has 0 saturated heterocycles. The lowest BCUT2D eigenvalue weighted by atomic mass is 10.0. The zero-order valence-corrected chi connectivity index (χ0v) is 27.7. The van der Waals surface area contributed by atoms with E-state index < -0.39 is 26.3 Å². The van der Waals surface area contributed by atoms with E-state index >= 15 is 0 Å². The van der Waals surface area contributed by atoms with Crippen LogP contribution in [0, 0.1) is 24.7 Å². The summed E-state index contributed by atoms with van der Waals surface area (Å²) in [5.41, 5.74) is 12.5. The van der Waals surface area contributed by atoms with Crippen molar-refractivity contribution in [2.75, 3.05) is 25.0 Å². The van der Waals surface area contributed by atoms with Gasteiger partial charge in [0.15, 0.2) is 0 Å². The van der Waals surface area contributed by atoms with Gasteiger partial charge in [-0.3, -0.25) is 9.59 Å². The molecule has 46 heavy (non-hydrogen) atoms. The second kappa shape index (κ2) is 16.4. The van der Waals surface area contributed by atoms with Crippen LogP contribution in [-0.4, -0.2) is 56.7 Å². The second-order valence-electron chi connectivity index (χ2n) is 11.9. The number of hydrogen-bond acceptors (Lipinski definition) is 5. The molecule has 3 aromatic rings. The Morgan fingerprint density at radius 2 is 1.50 bits per heavy atom. The SMILES string of the molecule is C#CCN(CC#C)C(=O)c1cc(NC(=O)[C@@H](N)CCCNC(N)=O)ccc1CO[Si](c1ccccc1)(c1ccccc1)C(C)(C)C. The minimum absolute atomic E-state index is 0.0127. The van der Waals surface area contributed by atoms with Crippen LogP contribution >= 0.6 is 0 Å². The highest BCUT2D eigenvalue weighted by molar-refractivity contribution is 6.99. The van der Waals surface area contributed by atoms with E-state index in [0.717, 1.165) is 10.4 Å². The summed E-state index contributed by atoms with van der Waals surface area (Å²) >= 11 is 0. The highest BCUT2D eigenvalue weighted by atomic mass is 28.4. The van der Waals surface area contributed by atoms with Gasteiger partial charge in [-0.1, -0.05) is 99.3 Å². The number of hydrogen-bond donors (Lipinski definition) is 4. The lowest BCUT2D eigenvalue weighted by Crippen LogP contribution is -2.66. The van der Waals surface area contributed by atoms with Crippen LogP contribution in [0.3, 0.4) is 0 Å². The molecule has 10 heteroatoms. The molecule has 0 spiro atoms. The number of urea groups is 1. The molecule has 0 aromatic heterocycles. The lowest BCUT2D eigenvalue weighted by molar-refractivity contribution is -0.117. The zero-order valence-electron chi connectivity index (χ0n) is 26.7. The summed E-state index contributed by atoms with van der Waals surface area (Å²) in [4.78, 5) is 39.1. The molecule has 0 radical (unpaired) electrons.